The summed E-state index contributed by atoms with van der Waals surface area (Å²) in [6.45, 7) is 16.8. The van der Waals surface area contributed by atoms with Gasteiger partial charge in [0, 0.05) is 24.2 Å². The Labute approximate surface area is 212 Å². The summed E-state index contributed by atoms with van der Waals surface area (Å²) in [4.78, 5) is 12.9. The Morgan fingerprint density at radius 1 is 0.857 bits per heavy atom. The average molecular weight is 491 g/mol. The van der Waals surface area contributed by atoms with E-state index in [0.717, 1.165) is 32.1 Å². The van der Waals surface area contributed by atoms with Gasteiger partial charge >= 0.3 is 0 Å². The van der Waals surface area contributed by atoms with Gasteiger partial charge in [-0.25, -0.2) is 0 Å². The molecule has 5 rings (SSSR count). The molecule has 5 fully saturated rings. The van der Waals surface area contributed by atoms with Crippen LogP contribution >= 0.6 is 0 Å². The quantitative estimate of drug-likeness (QED) is 0.434. The summed E-state index contributed by atoms with van der Waals surface area (Å²) in [5.41, 5.74) is -4.00. The first-order valence-electron chi connectivity index (χ1n) is 14.1. The van der Waals surface area contributed by atoms with Crippen LogP contribution in [0.15, 0.2) is 0 Å². The van der Waals surface area contributed by atoms with Gasteiger partial charge < -0.3 is 20.4 Å². The number of hydrogen-bond donors (Lipinski definition) is 4. The Kier molecular flexibility index (Phi) is 5.32. The van der Waals surface area contributed by atoms with Crippen LogP contribution in [0.3, 0.4) is 0 Å². The number of carbonyl (C=O) groups is 1. The van der Waals surface area contributed by atoms with Gasteiger partial charge in [0.15, 0.2) is 0 Å². The van der Waals surface area contributed by atoms with Gasteiger partial charge in [-0.05, 0) is 91.8 Å². The highest BCUT2D eigenvalue weighted by Crippen LogP contribution is 2.77. The molecule has 0 aromatic rings. The second-order valence-corrected chi connectivity index (χ2v) is 15.7. The summed E-state index contributed by atoms with van der Waals surface area (Å²) in [6.07, 6.45) is 4.70. The SMILES string of the molecule is CC1(C)C(=O)CC[C@]2(C)[C@H]3[C@H](O)C[C@@H]4[C@@H]5[C@@](C)(CC[C@@]4(C)[C@]3(C)CC[C@@H]12)[C@H](O)C[C@@]5(O)C(C)(C)O. The highest BCUT2D eigenvalue weighted by molar-refractivity contribution is 5.85. The van der Waals surface area contributed by atoms with Crippen LogP contribution in [0.25, 0.3) is 0 Å². The number of fused-ring (bicyclic) bond motifs is 7. The van der Waals surface area contributed by atoms with Crippen LogP contribution in [-0.4, -0.2) is 49.6 Å². The van der Waals surface area contributed by atoms with Crippen LogP contribution < -0.4 is 0 Å². The topological polar surface area (TPSA) is 98.0 Å². The molecular weight excluding hydrogens is 440 g/mol. The average Bonchev–Trinajstić information content (AvgIpc) is 2.93. The van der Waals surface area contributed by atoms with Crippen molar-refractivity contribution < 1.29 is 25.2 Å². The number of aliphatic hydroxyl groups excluding tert-OH is 2. The molecule has 5 aliphatic rings. The van der Waals surface area contributed by atoms with Crippen molar-refractivity contribution in [2.75, 3.05) is 0 Å². The molecule has 200 valence electrons. The van der Waals surface area contributed by atoms with Gasteiger partial charge in [-0.15, -0.1) is 0 Å². The van der Waals surface area contributed by atoms with E-state index in [0.29, 0.717) is 18.6 Å². The van der Waals surface area contributed by atoms with E-state index in [9.17, 15) is 25.2 Å². The lowest BCUT2D eigenvalue weighted by Crippen LogP contribution is -2.71. The molecule has 11 atom stereocenters. The fourth-order valence-corrected chi connectivity index (χ4v) is 11.5. The Morgan fingerprint density at radius 2 is 1.49 bits per heavy atom. The van der Waals surface area contributed by atoms with Crippen LogP contribution in [0.4, 0.5) is 0 Å². The Bertz CT molecular complexity index is 922. The minimum absolute atomic E-state index is 0.00413. The van der Waals surface area contributed by atoms with E-state index in [1.807, 2.05) is 0 Å². The largest absolute Gasteiger partial charge is 0.393 e. The van der Waals surface area contributed by atoms with Crippen LogP contribution in [-0.2, 0) is 4.79 Å². The molecule has 0 bridgehead atoms. The smallest absolute Gasteiger partial charge is 0.138 e. The fraction of sp³-hybridized carbons (Fsp3) is 0.967. The van der Waals surface area contributed by atoms with Crippen LogP contribution in [0, 0.1) is 50.7 Å². The summed E-state index contributed by atoms with van der Waals surface area (Å²) in [5, 5.41) is 46.5. The molecule has 5 nitrogen and oxygen atoms in total. The van der Waals surface area contributed by atoms with E-state index in [-0.39, 0.29) is 51.8 Å². The van der Waals surface area contributed by atoms with E-state index in [1.54, 1.807) is 13.8 Å². The lowest BCUT2D eigenvalue weighted by Gasteiger charge is -2.73. The minimum Gasteiger partial charge on any atom is -0.393 e. The molecule has 0 amide bonds. The molecule has 4 N–H and O–H groups in total. The highest BCUT2D eigenvalue weighted by atomic mass is 16.4. The lowest BCUT2D eigenvalue weighted by molar-refractivity contribution is -0.285. The van der Waals surface area contributed by atoms with Gasteiger partial charge in [-0.1, -0.05) is 41.5 Å². The minimum atomic E-state index is -1.41. The van der Waals surface area contributed by atoms with E-state index in [1.165, 1.54) is 0 Å². The molecule has 35 heavy (non-hydrogen) atoms. The predicted molar refractivity (Wildman–Crippen MR) is 135 cm³/mol. The maximum atomic E-state index is 12.9. The normalized spacial score (nSPS) is 57.7. The third kappa shape index (κ3) is 2.88. The molecule has 0 saturated heterocycles. The van der Waals surface area contributed by atoms with Gasteiger partial charge in [0.05, 0.1) is 23.4 Å². The third-order valence-electron chi connectivity index (χ3n) is 13.8. The standard InChI is InChI=1S/C30H50O5/c1-24(2)19-9-12-29(8)23(26(19,5)11-10-20(24)32)18(31)15-17-22-27(6,13-14-28(17,29)7)21(33)16-30(22,35)25(3,4)34/h17-19,21-23,31,33-35H,9-16H2,1-8H3/t17-,18-,19+,21-,22-,23-,26+,27+,28-,29-,30+/m1/s1. The van der Waals surface area contributed by atoms with Crippen molar-refractivity contribution in [3.63, 3.8) is 0 Å². The summed E-state index contributed by atoms with van der Waals surface area (Å²) < 4.78 is 0. The van der Waals surface area contributed by atoms with Crippen molar-refractivity contribution in [1.29, 1.82) is 0 Å². The number of Topliss-reactive ketones (excluding diaryl/α,β-unsaturated/α-hetero) is 1. The van der Waals surface area contributed by atoms with Crippen molar-refractivity contribution in [2.45, 2.75) is 130 Å². The predicted octanol–water partition coefficient (Wildman–Crippen LogP) is 4.48. The zero-order chi connectivity index (χ0) is 26.2. The first-order chi connectivity index (χ1) is 15.8. The number of rotatable bonds is 1. The molecule has 0 aromatic heterocycles. The molecule has 0 spiro atoms. The molecule has 5 heteroatoms. The lowest BCUT2D eigenvalue weighted by atomic mass is 9.31. The Hall–Kier alpha value is -0.490. The molecule has 0 aromatic carbocycles. The van der Waals surface area contributed by atoms with E-state index in [4.69, 9.17) is 0 Å². The van der Waals surface area contributed by atoms with Gasteiger partial charge in [0.1, 0.15) is 5.78 Å². The van der Waals surface area contributed by atoms with Crippen molar-refractivity contribution in [3.05, 3.63) is 0 Å². The van der Waals surface area contributed by atoms with Crippen molar-refractivity contribution in [1.82, 2.24) is 0 Å². The molecule has 5 aliphatic carbocycles. The summed E-state index contributed by atoms with van der Waals surface area (Å²) >= 11 is 0. The molecule has 0 radical (unpaired) electrons. The molecule has 0 heterocycles. The number of carbonyl (C=O) groups excluding carboxylic acids is 1. The zero-order valence-corrected chi connectivity index (χ0v) is 23.3. The second-order valence-electron chi connectivity index (χ2n) is 15.7. The zero-order valence-electron chi connectivity index (χ0n) is 23.3. The monoisotopic (exact) mass is 490 g/mol. The van der Waals surface area contributed by atoms with Crippen molar-refractivity contribution in [2.24, 2.45) is 50.7 Å². The summed E-state index contributed by atoms with van der Waals surface area (Å²) in [7, 11) is 0. The maximum absolute atomic E-state index is 12.9. The van der Waals surface area contributed by atoms with E-state index >= 15 is 0 Å². The molecule has 5 saturated carbocycles. The Morgan fingerprint density at radius 3 is 2.09 bits per heavy atom. The van der Waals surface area contributed by atoms with Gasteiger partial charge in [-0.3, -0.25) is 4.79 Å². The first kappa shape index (κ1) is 26.1. The third-order valence-corrected chi connectivity index (χ3v) is 13.8. The molecular formula is C30H50O5. The van der Waals surface area contributed by atoms with Crippen molar-refractivity contribution >= 4 is 5.78 Å². The highest BCUT2D eigenvalue weighted by Gasteiger charge is 2.76. The van der Waals surface area contributed by atoms with Gasteiger partial charge in [-0.2, -0.15) is 0 Å². The Balaban J connectivity index is 1.63. The van der Waals surface area contributed by atoms with Crippen molar-refractivity contribution in [3.8, 4) is 0 Å². The fourth-order valence-electron chi connectivity index (χ4n) is 11.5. The first-order valence-corrected chi connectivity index (χ1v) is 14.1. The van der Waals surface area contributed by atoms with E-state index < -0.39 is 28.8 Å². The van der Waals surface area contributed by atoms with Crippen LogP contribution in [0.2, 0.25) is 0 Å². The van der Waals surface area contributed by atoms with Crippen LogP contribution in [0.1, 0.15) is 107 Å². The van der Waals surface area contributed by atoms with Crippen LogP contribution in [0.5, 0.6) is 0 Å². The second kappa shape index (κ2) is 7.12. The van der Waals surface area contributed by atoms with Gasteiger partial charge in [0.2, 0.25) is 0 Å². The summed E-state index contributed by atoms with van der Waals surface area (Å²) in [5.74, 6) is 0.435. The number of aliphatic hydroxyl groups is 4. The number of ketones is 1. The summed E-state index contributed by atoms with van der Waals surface area (Å²) in [6, 6.07) is 0. The van der Waals surface area contributed by atoms with E-state index in [2.05, 4.69) is 41.5 Å². The number of hydrogen-bond acceptors (Lipinski definition) is 5. The molecule has 0 unspecified atom stereocenters. The maximum Gasteiger partial charge on any atom is 0.138 e. The molecule has 0 aliphatic heterocycles. The van der Waals surface area contributed by atoms with Gasteiger partial charge in [0.25, 0.3) is 0 Å².